The van der Waals surface area contributed by atoms with E-state index in [4.69, 9.17) is 4.74 Å². The summed E-state index contributed by atoms with van der Waals surface area (Å²) in [5, 5.41) is 16.3. The number of alkyl halides is 3. The molecule has 4 rings (SSSR count). The summed E-state index contributed by atoms with van der Waals surface area (Å²) in [6, 6.07) is 7.72. The Morgan fingerprint density at radius 2 is 1.79 bits per heavy atom. The van der Waals surface area contributed by atoms with Crippen LogP contribution < -0.4 is 5.43 Å². The Balaban J connectivity index is 1.33. The second-order valence-corrected chi connectivity index (χ2v) is 10.6. The van der Waals surface area contributed by atoms with Crippen LogP contribution in [0, 0.1) is 0 Å². The van der Waals surface area contributed by atoms with E-state index in [-0.39, 0.29) is 11.5 Å². The molecule has 2 N–H and O–H groups in total. The maximum Gasteiger partial charge on any atom is 0.416 e. The molecule has 2 aromatic heterocycles. The van der Waals surface area contributed by atoms with Crippen LogP contribution in [0.15, 0.2) is 46.9 Å². The minimum Gasteiger partial charge on any atom is -0.506 e. The van der Waals surface area contributed by atoms with Crippen molar-refractivity contribution in [1.82, 2.24) is 10.3 Å². The van der Waals surface area contributed by atoms with Crippen LogP contribution in [0.2, 0.25) is 0 Å². The van der Waals surface area contributed by atoms with Crippen molar-refractivity contribution in [3.05, 3.63) is 62.7 Å². The fourth-order valence-electron chi connectivity index (χ4n) is 3.89. The molecular formula is C26H26F3N3O4S2. The predicted molar refractivity (Wildman–Crippen MR) is 141 cm³/mol. The van der Waals surface area contributed by atoms with Crippen molar-refractivity contribution < 1.29 is 32.6 Å². The number of rotatable bonds is 9. The van der Waals surface area contributed by atoms with Crippen LogP contribution in [0.5, 0.6) is 5.75 Å². The molecular weight excluding hydrogens is 539 g/mol. The Bertz CT molecular complexity index is 1310. The molecule has 1 aliphatic rings. The molecule has 38 heavy (non-hydrogen) atoms. The SMILES string of the molecule is C/C(=N\NC(=O)c1ccc(C(=O)CCCN2CCOCC2)s1)c1csc(-c2ccc(C(F)(F)F)cc2)c1O. The van der Waals surface area contributed by atoms with Crippen LogP contribution in [-0.2, 0) is 10.9 Å². The van der Waals surface area contributed by atoms with Crippen molar-refractivity contribution in [2.24, 2.45) is 5.10 Å². The zero-order valence-electron chi connectivity index (χ0n) is 20.5. The number of halogens is 3. The van der Waals surface area contributed by atoms with Gasteiger partial charge >= 0.3 is 6.18 Å². The monoisotopic (exact) mass is 565 g/mol. The Labute approximate surface area is 225 Å². The summed E-state index contributed by atoms with van der Waals surface area (Å²) in [7, 11) is 0. The van der Waals surface area contributed by atoms with Gasteiger partial charge in [-0.15, -0.1) is 22.7 Å². The summed E-state index contributed by atoms with van der Waals surface area (Å²) in [5.74, 6) is -0.633. The van der Waals surface area contributed by atoms with Crippen molar-refractivity contribution in [1.29, 1.82) is 0 Å². The van der Waals surface area contributed by atoms with E-state index in [0.717, 1.165) is 60.9 Å². The lowest BCUT2D eigenvalue weighted by atomic mass is 10.1. The number of nitrogens with zero attached hydrogens (tertiary/aromatic N) is 2. The minimum absolute atomic E-state index is 0.0130. The van der Waals surface area contributed by atoms with Gasteiger partial charge in [0.05, 0.1) is 44.7 Å². The Kier molecular flexibility index (Phi) is 8.98. The minimum atomic E-state index is -4.44. The van der Waals surface area contributed by atoms with Crippen molar-refractivity contribution in [3.63, 3.8) is 0 Å². The number of hydrogen-bond acceptors (Lipinski definition) is 8. The number of thiophene rings is 2. The van der Waals surface area contributed by atoms with Crippen molar-refractivity contribution in [3.8, 4) is 16.2 Å². The van der Waals surface area contributed by atoms with Gasteiger partial charge < -0.3 is 9.84 Å². The number of Topliss-reactive ketones (excluding diaryl/α,β-unsaturated/α-hetero) is 1. The summed E-state index contributed by atoms with van der Waals surface area (Å²) in [5.41, 5.74) is 2.77. The molecule has 0 radical (unpaired) electrons. The second kappa shape index (κ2) is 12.2. The van der Waals surface area contributed by atoms with E-state index in [2.05, 4.69) is 15.4 Å². The molecule has 1 aromatic carbocycles. The fourth-order valence-corrected chi connectivity index (χ4v) is 5.77. The highest BCUT2D eigenvalue weighted by Gasteiger charge is 2.30. The van der Waals surface area contributed by atoms with Gasteiger partial charge in [0, 0.05) is 24.9 Å². The fraction of sp³-hybridized carbons (Fsp3) is 0.346. The van der Waals surface area contributed by atoms with E-state index in [0.29, 0.717) is 51.1 Å². The lowest BCUT2D eigenvalue weighted by Crippen LogP contribution is -2.36. The number of morpholine rings is 1. The number of ether oxygens (including phenoxy) is 1. The van der Waals surface area contributed by atoms with Gasteiger partial charge in [-0.2, -0.15) is 18.3 Å². The van der Waals surface area contributed by atoms with E-state index in [1.807, 2.05) is 0 Å². The molecule has 1 amide bonds. The van der Waals surface area contributed by atoms with Gasteiger partial charge in [-0.3, -0.25) is 14.5 Å². The molecule has 1 aliphatic heterocycles. The zero-order chi connectivity index (χ0) is 27.3. The molecule has 12 heteroatoms. The average Bonchev–Trinajstić information content (AvgIpc) is 3.55. The number of nitrogens with one attached hydrogen (secondary N) is 1. The third-order valence-electron chi connectivity index (χ3n) is 6.04. The normalized spacial score (nSPS) is 15.0. The second-order valence-electron chi connectivity index (χ2n) is 8.68. The molecule has 3 heterocycles. The first-order chi connectivity index (χ1) is 18.1. The van der Waals surface area contributed by atoms with E-state index in [1.165, 1.54) is 12.1 Å². The summed E-state index contributed by atoms with van der Waals surface area (Å²) < 4.78 is 43.8. The molecule has 0 atom stereocenters. The highest BCUT2D eigenvalue weighted by Crippen LogP contribution is 2.40. The topological polar surface area (TPSA) is 91.2 Å². The summed E-state index contributed by atoms with van der Waals surface area (Å²) in [4.78, 5) is 28.6. The molecule has 0 spiro atoms. The van der Waals surface area contributed by atoms with Crippen LogP contribution >= 0.6 is 22.7 Å². The van der Waals surface area contributed by atoms with Gasteiger partial charge in [0.1, 0.15) is 5.75 Å². The van der Waals surface area contributed by atoms with Gasteiger partial charge in [0.25, 0.3) is 5.91 Å². The number of amides is 1. The largest absolute Gasteiger partial charge is 0.506 e. The number of aromatic hydroxyl groups is 1. The molecule has 0 aliphatic carbocycles. The van der Waals surface area contributed by atoms with Crippen LogP contribution in [0.4, 0.5) is 13.2 Å². The highest BCUT2D eigenvalue weighted by molar-refractivity contribution is 7.16. The smallest absolute Gasteiger partial charge is 0.416 e. The average molecular weight is 566 g/mol. The number of benzene rings is 1. The van der Waals surface area contributed by atoms with Crippen molar-refractivity contribution in [2.75, 3.05) is 32.8 Å². The standard InChI is InChI=1S/C26H26F3N3O4S2/c1-16(19-15-37-24(23(19)34)17-4-6-18(7-5-17)26(27,28)29)30-31-25(35)22-9-8-21(38-22)20(33)3-2-10-32-11-13-36-14-12-32/h4-9,15,34H,2-3,10-14H2,1H3,(H,31,35)/b30-16+. The molecule has 7 nitrogen and oxygen atoms in total. The first-order valence-electron chi connectivity index (χ1n) is 11.9. The van der Waals surface area contributed by atoms with E-state index in [9.17, 15) is 27.9 Å². The zero-order valence-corrected chi connectivity index (χ0v) is 22.1. The summed E-state index contributed by atoms with van der Waals surface area (Å²) >= 11 is 2.25. The molecule has 1 saturated heterocycles. The molecule has 0 saturated carbocycles. The van der Waals surface area contributed by atoms with Gasteiger partial charge in [0.15, 0.2) is 5.78 Å². The summed E-state index contributed by atoms with van der Waals surface area (Å²) in [6.07, 6.45) is -3.31. The van der Waals surface area contributed by atoms with Gasteiger partial charge in [-0.1, -0.05) is 12.1 Å². The van der Waals surface area contributed by atoms with Gasteiger partial charge in [0.2, 0.25) is 0 Å². The van der Waals surface area contributed by atoms with Crippen LogP contribution in [0.1, 0.15) is 50.2 Å². The number of hydrazone groups is 1. The van der Waals surface area contributed by atoms with Gasteiger partial charge in [-0.25, -0.2) is 5.43 Å². The lowest BCUT2D eigenvalue weighted by molar-refractivity contribution is -0.137. The number of carbonyl (C=O) groups is 2. The molecule has 3 aromatic rings. The maximum atomic E-state index is 12.8. The first-order valence-corrected chi connectivity index (χ1v) is 13.6. The first kappa shape index (κ1) is 28.0. The molecule has 0 bridgehead atoms. The van der Waals surface area contributed by atoms with E-state index >= 15 is 0 Å². The molecule has 202 valence electrons. The number of carbonyl (C=O) groups excluding carboxylic acids is 2. The molecule has 1 fully saturated rings. The van der Waals surface area contributed by atoms with Crippen LogP contribution in [-0.4, -0.2) is 60.3 Å². The third-order valence-corrected chi connectivity index (χ3v) is 8.18. The quantitative estimate of drug-likeness (QED) is 0.199. The summed E-state index contributed by atoms with van der Waals surface area (Å²) in [6.45, 7) is 5.60. The third kappa shape index (κ3) is 6.87. The van der Waals surface area contributed by atoms with Crippen molar-refractivity contribution >= 4 is 40.1 Å². The predicted octanol–water partition coefficient (Wildman–Crippen LogP) is 5.65. The number of ketones is 1. The Hall–Kier alpha value is -3.06. The Morgan fingerprint density at radius 3 is 2.47 bits per heavy atom. The molecule has 0 unspecified atom stereocenters. The lowest BCUT2D eigenvalue weighted by Gasteiger charge is -2.26. The van der Waals surface area contributed by atoms with E-state index < -0.39 is 17.6 Å². The maximum absolute atomic E-state index is 12.8. The highest BCUT2D eigenvalue weighted by atomic mass is 32.1. The van der Waals surface area contributed by atoms with Crippen molar-refractivity contribution in [2.45, 2.75) is 25.9 Å². The van der Waals surface area contributed by atoms with E-state index in [1.54, 1.807) is 24.4 Å². The van der Waals surface area contributed by atoms with Crippen LogP contribution in [0.3, 0.4) is 0 Å². The number of hydrogen-bond donors (Lipinski definition) is 2. The van der Waals surface area contributed by atoms with Crippen LogP contribution in [0.25, 0.3) is 10.4 Å². The van der Waals surface area contributed by atoms with Gasteiger partial charge in [-0.05, 0) is 49.7 Å². The Morgan fingerprint density at radius 1 is 1.11 bits per heavy atom.